The molecule has 5 atom stereocenters. The van der Waals surface area contributed by atoms with E-state index in [4.69, 9.17) is 28.1 Å². The fourth-order valence-electron chi connectivity index (χ4n) is 2.95. The van der Waals surface area contributed by atoms with E-state index in [1.807, 2.05) is 0 Å². The van der Waals surface area contributed by atoms with Crippen LogP contribution in [0.5, 0.6) is 0 Å². The molecule has 0 radical (unpaired) electrons. The first-order valence-electron chi connectivity index (χ1n) is 9.23. The zero-order valence-corrected chi connectivity index (χ0v) is 17.3. The maximum Gasteiger partial charge on any atom is 0.305 e. The number of carbonyl (C=O) groups is 5. The van der Waals surface area contributed by atoms with Gasteiger partial charge in [0.1, 0.15) is 18.8 Å². The molecule has 12 heteroatoms. The molecule has 1 amide bonds. The van der Waals surface area contributed by atoms with Gasteiger partial charge in [-0.25, -0.2) is 0 Å². The van der Waals surface area contributed by atoms with Gasteiger partial charge in [-0.2, -0.15) is 0 Å². The van der Waals surface area contributed by atoms with Gasteiger partial charge < -0.3 is 33.4 Å². The maximum absolute atomic E-state index is 12.5. The van der Waals surface area contributed by atoms with Crippen LogP contribution >= 0.6 is 0 Å². The predicted octanol–water partition coefficient (Wildman–Crippen LogP) is 0.0925. The highest BCUT2D eigenvalue weighted by atomic mass is 16.7. The number of hydrogen-bond donors (Lipinski definition) is 1. The Bertz CT molecular complexity index is 819. The highest BCUT2D eigenvalue weighted by Gasteiger charge is 2.52. The standard InChI is InChI=1S/C19H23NO11/c1-9(21)27-8-14-16(28-10(2)22)17(29-11(3)23)15(19(31-14)30-12(4)24)20-18(25)13-6-5-7-26-13/h5-7,14-17,19H,8H2,1-4H3,(H,20,25)/t14-,15+,16-,17-,19-/m1/s1. The van der Waals surface area contributed by atoms with Crippen LogP contribution in [-0.2, 0) is 42.9 Å². The van der Waals surface area contributed by atoms with Gasteiger partial charge in [0, 0.05) is 27.7 Å². The van der Waals surface area contributed by atoms with Crippen LogP contribution in [0.25, 0.3) is 0 Å². The van der Waals surface area contributed by atoms with E-state index >= 15 is 0 Å². The van der Waals surface area contributed by atoms with E-state index in [1.165, 1.54) is 18.4 Å². The first-order chi connectivity index (χ1) is 14.6. The summed E-state index contributed by atoms with van der Waals surface area (Å²) in [6.45, 7) is 4.08. The lowest BCUT2D eigenvalue weighted by molar-refractivity contribution is -0.270. The van der Waals surface area contributed by atoms with Crippen LogP contribution in [0, 0.1) is 0 Å². The zero-order valence-electron chi connectivity index (χ0n) is 17.3. The van der Waals surface area contributed by atoms with Crippen molar-refractivity contribution in [2.24, 2.45) is 0 Å². The average Bonchev–Trinajstić information content (AvgIpc) is 3.18. The lowest BCUT2D eigenvalue weighted by Gasteiger charge is -2.44. The molecule has 1 fully saturated rings. The van der Waals surface area contributed by atoms with Crippen molar-refractivity contribution in [2.45, 2.75) is 58.3 Å². The molecule has 1 saturated heterocycles. The SMILES string of the molecule is CC(=O)OC[C@H]1O[C@@H](OC(C)=O)[C@@H](NC(=O)c2ccco2)[C@@H](OC(C)=O)[C@@H]1OC(C)=O. The van der Waals surface area contributed by atoms with Crippen LogP contribution in [0.15, 0.2) is 22.8 Å². The summed E-state index contributed by atoms with van der Waals surface area (Å²) in [6.07, 6.45) is -4.00. The molecule has 0 saturated carbocycles. The van der Waals surface area contributed by atoms with Crippen LogP contribution in [0.4, 0.5) is 0 Å². The lowest BCUT2D eigenvalue weighted by atomic mass is 9.96. The van der Waals surface area contributed by atoms with Crippen molar-refractivity contribution >= 4 is 29.8 Å². The van der Waals surface area contributed by atoms with E-state index in [1.54, 1.807) is 0 Å². The fraction of sp³-hybridized carbons (Fsp3) is 0.526. The smallest absolute Gasteiger partial charge is 0.305 e. The molecule has 0 bridgehead atoms. The van der Waals surface area contributed by atoms with Crippen molar-refractivity contribution in [1.82, 2.24) is 5.32 Å². The predicted molar refractivity (Wildman–Crippen MR) is 98.1 cm³/mol. The van der Waals surface area contributed by atoms with Crippen LogP contribution in [0.3, 0.4) is 0 Å². The minimum atomic E-state index is -1.46. The summed E-state index contributed by atoms with van der Waals surface area (Å²) in [5.74, 6) is -3.73. The van der Waals surface area contributed by atoms with Gasteiger partial charge in [0.25, 0.3) is 5.91 Å². The minimum absolute atomic E-state index is 0.0748. The van der Waals surface area contributed by atoms with Crippen molar-refractivity contribution in [2.75, 3.05) is 6.61 Å². The van der Waals surface area contributed by atoms with E-state index in [9.17, 15) is 24.0 Å². The summed E-state index contributed by atoms with van der Waals surface area (Å²) in [6, 6.07) is 1.58. The van der Waals surface area contributed by atoms with Gasteiger partial charge in [-0.05, 0) is 12.1 Å². The summed E-state index contributed by atoms with van der Waals surface area (Å²) in [5, 5.41) is 2.51. The summed E-state index contributed by atoms with van der Waals surface area (Å²) in [7, 11) is 0. The number of esters is 4. The summed E-state index contributed by atoms with van der Waals surface area (Å²) in [4.78, 5) is 58.9. The quantitative estimate of drug-likeness (QED) is 0.452. The van der Waals surface area contributed by atoms with Gasteiger partial charge >= 0.3 is 23.9 Å². The monoisotopic (exact) mass is 441 g/mol. The van der Waals surface area contributed by atoms with Crippen LogP contribution in [0.1, 0.15) is 38.2 Å². The van der Waals surface area contributed by atoms with Gasteiger partial charge in [-0.1, -0.05) is 0 Å². The topological polar surface area (TPSA) is 157 Å². The van der Waals surface area contributed by atoms with Crippen molar-refractivity contribution in [3.8, 4) is 0 Å². The van der Waals surface area contributed by atoms with E-state index in [2.05, 4.69) is 5.32 Å². The van der Waals surface area contributed by atoms with Crippen LogP contribution in [0.2, 0.25) is 0 Å². The molecule has 1 aromatic heterocycles. The zero-order chi connectivity index (χ0) is 23.1. The molecule has 0 aromatic carbocycles. The number of rotatable bonds is 7. The second-order valence-electron chi connectivity index (χ2n) is 6.58. The van der Waals surface area contributed by atoms with Crippen LogP contribution in [-0.4, -0.2) is 67.0 Å². The third kappa shape index (κ3) is 6.81. The number of furan rings is 1. The highest BCUT2D eigenvalue weighted by molar-refractivity contribution is 5.91. The number of carbonyl (C=O) groups excluding carboxylic acids is 5. The Labute approximate surface area is 177 Å². The Hall–Kier alpha value is -3.41. The number of amides is 1. The Morgan fingerprint density at radius 3 is 2.03 bits per heavy atom. The molecule has 31 heavy (non-hydrogen) atoms. The first-order valence-corrected chi connectivity index (χ1v) is 9.23. The highest BCUT2D eigenvalue weighted by Crippen LogP contribution is 2.28. The first kappa shape index (κ1) is 23.9. The minimum Gasteiger partial charge on any atom is -0.463 e. The van der Waals surface area contributed by atoms with Crippen molar-refractivity contribution < 1.29 is 52.1 Å². The Morgan fingerprint density at radius 1 is 0.903 bits per heavy atom. The second kappa shape index (κ2) is 10.6. The molecule has 0 spiro atoms. The molecular formula is C19H23NO11. The molecule has 1 aliphatic heterocycles. The molecule has 1 aliphatic rings. The maximum atomic E-state index is 12.5. The van der Waals surface area contributed by atoms with Crippen molar-refractivity contribution in [3.05, 3.63) is 24.2 Å². The summed E-state index contributed by atoms with van der Waals surface area (Å²) >= 11 is 0. The third-order valence-corrected chi connectivity index (χ3v) is 4.03. The molecule has 12 nitrogen and oxygen atoms in total. The van der Waals surface area contributed by atoms with Crippen molar-refractivity contribution in [1.29, 1.82) is 0 Å². The summed E-state index contributed by atoms with van der Waals surface area (Å²) < 4.78 is 31.4. The van der Waals surface area contributed by atoms with Gasteiger partial charge in [0.2, 0.25) is 6.29 Å². The second-order valence-corrected chi connectivity index (χ2v) is 6.58. The van der Waals surface area contributed by atoms with Crippen molar-refractivity contribution in [3.63, 3.8) is 0 Å². The van der Waals surface area contributed by atoms with Gasteiger partial charge in [0.15, 0.2) is 18.0 Å². The molecule has 2 rings (SSSR count). The van der Waals surface area contributed by atoms with E-state index in [0.29, 0.717) is 0 Å². The Kier molecular flexibility index (Phi) is 8.14. The average molecular weight is 441 g/mol. The largest absolute Gasteiger partial charge is 0.463 e. The van der Waals surface area contributed by atoms with Gasteiger partial charge in [-0.3, -0.25) is 24.0 Å². The third-order valence-electron chi connectivity index (χ3n) is 4.03. The van der Waals surface area contributed by atoms with Gasteiger partial charge in [-0.15, -0.1) is 0 Å². The van der Waals surface area contributed by atoms with E-state index in [0.717, 1.165) is 27.7 Å². The van der Waals surface area contributed by atoms with E-state index in [-0.39, 0.29) is 5.76 Å². The Morgan fingerprint density at radius 2 is 1.52 bits per heavy atom. The van der Waals surface area contributed by atoms with E-state index < -0.39 is 67.0 Å². The van der Waals surface area contributed by atoms with Gasteiger partial charge in [0.05, 0.1) is 6.26 Å². The fourth-order valence-corrected chi connectivity index (χ4v) is 2.95. The molecule has 0 aliphatic carbocycles. The normalized spacial score (nSPS) is 25.1. The molecule has 170 valence electrons. The molecule has 2 heterocycles. The van der Waals surface area contributed by atoms with Crippen LogP contribution < -0.4 is 5.32 Å². The summed E-state index contributed by atoms with van der Waals surface area (Å²) in [5.41, 5.74) is 0. The number of nitrogens with one attached hydrogen (secondary N) is 1. The molecule has 1 N–H and O–H groups in total. The number of ether oxygens (including phenoxy) is 5. The number of hydrogen-bond acceptors (Lipinski definition) is 11. The Balaban J connectivity index is 2.42. The lowest BCUT2D eigenvalue weighted by Crippen LogP contribution is -2.67. The molecule has 1 aromatic rings. The molecule has 0 unspecified atom stereocenters. The molecular weight excluding hydrogens is 418 g/mol.